The molecule has 0 bridgehead atoms. The highest BCUT2D eigenvalue weighted by molar-refractivity contribution is 5.95. The number of oxazole rings is 1. The molecule has 0 unspecified atom stereocenters. The maximum atomic E-state index is 12.1. The van der Waals surface area contributed by atoms with Crippen LogP contribution in [0.1, 0.15) is 22.7 Å². The number of carbonyl (C=O) groups is 2. The summed E-state index contributed by atoms with van der Waals surface area (Å²) >= 11 is 0. The van der Waals surface area contributed by atoms with E-state index in [0.29, 0.717) is 29.3 Å². The van der Waals surface area contributed by atoms with Gasteiger partial charge in [-0.1, -0.05) is 30.3 Å². The van der Waals surface area contributed by atoms with Crippen LogP contribution in [-0.4, -0.2) is 35.8 Å². The van der Waals surface area contributed by atoms with Gasteiger partial charge in [0.1, 0.15) is 0 Å². The van der Waals surface area contributed by atoms with E-state index >= 15 is 0 Å². The zero-order valence-corrected chi connectivity index (χ0v) is 15.3. The van der Waals surface area contributed by atoms with Gasteiger partial charge in [-0.05, 0) is 24.3 Å². The average Bonchev–Trinajstić information content (AvgIpc) is 3.16. The molecule has 6 nitrogen and oxygen atoms in total. The molecule has 0 saturated heterocycles. The van der Waals surface area contributed by atoms with Crippen LogP contribution in [0.5, 0.6) is 0 Å². The number of anilines is 1. The van der Waals surface area contributed by atoms with Crippen molar-refractivity contribution >= 4 is 17.5 Å². The second-order valence-electron chi connectivity index (χ2n) is 6.31. The van der Waals surface area contributed by atoms with Crippen LogP contribution in [0.25, 0.3) is 11.3 Å². The van der Waals surface area contributed by atoms with Crippen molar-refractivity contribution in [2.75, 3.05) is 19.4 Å². The fourth-order valence-corrected chi connectivity index (χ4v) is 2.56. The van der Waals surface area contributed by atoms with Crippen LogP contribution in [0.15, 0.2) is 65.2 Å². The van der Waals surface area contributed by atoms with Gasteiger partial charge in [-0.25, -0.2) is 4.98 Å². The second-order valence-corrected chi connectivity index (χ2v) is 6.31. The Kier molecular flexibility index (Phi) is 5.66. The maximum Gasteiger partial charge on any atom is 0.253 e. The molecule has 6 heteroatoms. The second kappa shape index (κ2) is 8.31. The molecule has 27 heavy (non-hydrogen) atoms. The molecular formula is C21H21N3O3. The van der Waals surface area contributed by atoms with E-state index in [-0.39, 0.29) is 18.2 Å². The van der Waals surface area contributed by atoms with E-state index in [1.54, 1.807) is 44.6 Å². The summed E-state index contributed by atoms with van der Waals surface area (Å²) < 4.78 is 5.70. The van der Waals surface area contributed by atoms with Gasteiger partial charge in [-0.15, -0.1) is 0 Å². The molecule has 2 aromatic carbocycles. The van der Waals surface area contributed by atoms with Crippen LogP contribution >= 0.6 is 0 Å². The summed E-state index contributed by atoms with van der Waals surface area (Å²) in [5, 5.41) is 2.81. The predicted molar refractivity (Wildman–Crippen MR) is 103 cm³/mol. The molecule has 1 aromatic heterocycles. The van der Waals surface area contributed by atoms with Crippen molar-refractivity contribution in [3.63, 3.8) is 0 Å². The summed E-state index contributed by atoms with van der Waals surface area (Å²) in [7, 11) is 3.40. The monoisotopic (exact) mass is 363 g/mol. The zero-order chi connectivity index (χ0) is 19.2. The summed E-state index contributed by atoms with van der Waals surface area (Å²) in [5.74, 6) is 0.996. The first-order valence-corrected chi connectivity index (χ1v) is 8.64. The minimum atomic E-state index is -0.138. The standard InChI is InChI=1S/C21H21N3O3/c1-24(2)21(26)16-8-10-17(11-9-16)23-19(25)12-13-20-22-14-18(27-20)15-6-4-3-5-7-15/h3-11,14H,12-13H2,1-2H3,(H,23,25). The largest absolute Gasteiger partial charge is 0.441 e. The van der Waals surface area contributed by atoms with E-state index in [4.69, 9.17) is 4.42 Å². The van der Waals surface area contributed by atoms with Crippen molar-refractivity contribution in [2.45, 2.75) is 12.8 Å². The maximum absolute atomic E-state index is 12.1. The highest BCUT2D eigenvalue weighted by atomic mass is 16.4. The third-order valence-corrected chi connectivity index (χ3v) is 4.00. The summed E-state index contributed by atoms with van der Waals surface area (Å²) in [6, 6.07) is 16.5. The molecule has 138 valence electrons. The minimum Gasteiger partial charge on any atom is -0.441 e. The van der Waals surface area contributed by atoms with Crippen LogP contribution in [0.2, 0.25) is 0 Å². The summed E-state index contributed by atoms with van der Waals surface area (Å²) in [4.78, 5) is 29.7. The molecule has 2 amide bonds. The molecule has 0 spiro atoms. The highest BCUT2D eigenvalue weighted by Crippen LogP contribution is 2.20. The Morgan fingerprint density at radius 1 is 1.04 bits per heavy atom. The van der Waals surface area contributed by atoms with Gasteiger partial charge in [-0.3, -0.25) is 9.59 Å². The van der Waals surface area contributed by atoms with Crippen molar-refractivity contribution in [3.8, 4) is 11.3 Å². The molecule has 0 fully saturated rings. The zero-order valence-electron chi connectivity index (χ0n) is 15.3. The number of hydrogen-bond acceptors (Lipinski definition) is 4. The Morgan fingerprint density at radius 3 is 2.41 bits per heavy atom. The summed E-state index contributed by atoms with van der Waals surface area (Å²) in [6.07, 6.45) is 2.34. The van der Waals surface area contributed by atoms with Gasteiger partial charge in [0, 0.05) is 43.8 Å². The Bertz CT molecular complexity index is 915. The molecule has 0 radical (unpaired) electrons. The molecule has 0 atom stereocenters. The number of benzene rings is 2. The van der Waals surface area contributed by atoms with Crippen molar-refractivity contribution in [3.05, 3.63) is 72.2 Å². The predicted octanol–water partition coefficient (Wildman–Crippen LogP) is 3.61. The SMILES string of the molecule is CN(C)C(=O)c1ccc(NC(=O)CCc2ncc(-c3ccccc3)o2)cc1. The lowest BCUT2D eigenvalue weighted by atomic mass is 10.2. The van der Waals surface area contributed by atoms with Gasteiger partial charge >= 0.3 is 0 Å². The molecule has 1 heterocycles. The molecule has 0 aliphatic carbocycles. The van der Waals surface area contributed by atoms with Gasteiger partial charge in [0.15, 0.2) is 11.7 Å². The quantitative estimate of drug-likeness (QED) is 0.726. The smallest absolute Gasteiger partial charge is 0.253 e. The minimum absolute atomic E-state index is 0.0778. The lowest BCUT2D eigenvalue weighted by Crippen LogP contribution is -2.21. The van der Waals surface area contributed by atoms with Crippen LogP contribution in [-0.2, 0) is 11.2 Å². The first kappa shape index (κ1) is 18.4. The van der Waals surface area contributed by atoms with E-state index in [1.807, 2.05) is 30.3 Å². The van der Waals surface area contributed by atoms with Crippen LogP contribution in [0.3, 0.4) is 0 Å². The van der Waals surface area contributed by atoms with Crippen molar-refractivity contribution in [1.82, 2.24) is 9.88 Å². The van der Waals surface area contributed by atoms with E-state index in [9.17, 15) is 9.59 Å². The van der Waals surface area contributed by atoms with E-state index in [0.717, 1.165) is 5.56 Å². The van der Waals surface area contributed by atoms with Gasteiger partial charge in [0.05, 0.1) is 6.20 Å². The summed E-state index contributed by atoms with van der Waals surface area (Å²) in [6.45, 7) is 0. The number of aromatic nitrogens is 1. The number of amides is 2. The Morgan fingerprint density at radius 2 is 1.74 bits per heavy atom. The number of rotatable bonds is 6. The molecule has 3 aromatic rings. The Balaban J connectivity index is 1.53. The van der Waals surface area contributed by atoms with Crippen LogP contribution in [0.4, 0.5) is 5.69 Å². The number of nitrogens with zero attached hydrogens (tertiary/aromatic N) is 2. The van der Waals surface area contributed by atoms with Gasteiger partial charge in [-0.2, -0.15) is 0 Å². The molecule has 0 saturated carbocycles. The number of carbonyl (C=O) groups excluding carboxylic acids is 2. The normalized spacial score (nSPS) is 10.4. The molecular weight excluding hydrogens is 342 g/mol. The third kappa shape index (κ3) is 4.82. The fraction of sp³-hybridized carbons (Fsp3) is 0.190. The molecule has 0 aliphatic rings. The molecule has 0 aliphatic heterocycles. The Hall–Kier alpha value is -3.41. The van der Waals surface area contributed by atoms with Crippen LogP contribution < -0.4 is 5.32 Å². The molecule has 1 N–H and O–H groups in total. The fourth-order valence-electron chi connectivity index (χ4n) is 2.56. The van der Waals surface area contributed by atoms with Crippen LogP contribution in [0, 0.1) is 0 Å². The van der Waals surface area contributed by atoms with Gasteiger partial charge in [0.25, 0.3) is 5.91 Å². The van der Waals surface area contributed by atoms with Crippen molar-refractivity contribution in [1.29, 1.82) is 0 Å². The Labute approximate surface area is 157 Å². The first-order valence-electron chi connectivity index (χ1n) is 8.64. The van der Waals surface area contributed by atoms with E-state index < -0.39 is 0 Å². The average molecular weight is 363 g/mol. The van der Waals surface area contributed by atoms with E-state index in [2.05, 4.69) is 10.3 Å². The molecule has 3 rings (SSSR count). The highest BCUT2D eigenvalue weighted by Gasteiger charge is 2.10. The summed E-state index contributed by atoms with van der Waals surface area (Å²) in [5.41, 5.74) is 2.17. The first-order chi connectivity index (χ1) is 13.0. The van der Waals surface area contributed by atoms with E-state index in [1.165, 1.54) is 4.90 Å². The van der Waals surface area contributed by atoms with Crippen molar-refractivity contribution in [2.24, 2.45) is 0 Å². The van der Waals surface area contributed by atoms with Gasteiger partial charge in [0.2, 0.25) is 5.91 Å². The number of nitrogens with one attached hydrogen (secondary N) is 1. The number of aryl methyl sites for hydroxylation is 1. The third-order valence-electron chi connectivity index (χ3n) is 4.00. The lowest BCUT2D eigenvalue weighted by Gasteiger charge is -2.10. The number of hydrogen-bond donors (Lipinski definition) is 1. The lowest BCUT2D eigenvalue weighted by molar-refractivity contribution is -0.116. The van der Waals surface area contributed by atoms with Crippen molar-refractivity contribution < 1.29 is 14.0 Å². The van der Waals surface area contributed by atoms with Gasteiger partial charge < -0.3 is 14.6 Å². The topological polar surface area (TPSA) is 75.4 Å².